The van der Waals surface area contributed by atoms with Crippen molar-refractivity contribution >= 4 is 10.1 Å². The topological polar surface area (TPSA) is 46.6 Å². The molecular weight excluding hydrogens is 310 g/mol. The molecule has 1 aliphatic rings. The summed E-state index contributed by atoms with van der Waals surface area (Å²) in [5, 5.41) is 0. The van der Waals surface area contributed by atoms with Gasteiger partial charge in [0, 0.05) is 12.6 Å². The van der Waals surface area contributed by atoms with E-state index in [0.29, 0.717) is 12.3 Å². The van der Waals surface area contributed by atoms with Crippen LogP contribution in [0.2, 0.25) is 0 Å². The van der Waals surface area contributed by atoms with Crippen LogP contribution in [0, 0.1) is 0 Å². The van der Waals surface area contributed by atoms with Gasteiger partial charge in [0.15, 0.2) is 0 Å². The van der Waals surface area contributed by atoms with Crippen molar-refractivity contribution in [3.05, 3.63) is 65.7 Å². The highest BCUT2D eigenvalue weighted by molar-refractivity contribution is 7.87. The van der Waals surface area contributed by atoms with Crippen molar-refractivity contribution < 1.29 is 12.6 Å². The Labute approximate surface area is 137 Å². The fourth-order valence-corrected chi connectivity index (χ4v) is 4.07. The Morgan fingerprint density at radius 3 is 2.57 bits per heavy atom. The van der Waals surface area contributed by atoms with Crippen LogP contribution in [0.4, 0.5) is 0 Å². The van der Waals surface area contributed by atoms with E-state index in [-0.39, 0.29) is 11.8 Å². The van der Waals surface area contributed by atoms with E-state index in [9.17, 15) is 8.42 Å². The van der Waals surface area contributed by atoms with Crippen molar-refractivity contribution in [2.45, 2.75) is 18.9 Å². The summed E-state index contributed by atoms with van der Waals surface area (Å²) in [5.41, 5.74) is 2.68. The molecule has 5 heteroatoms. The van der Waals surface area contributed by atoms with Gasteiger partial charge in [-0.05, 0) is 43.1 Å². The third kappa shape index (κ3) is 3.92. The molecule has 3 rings (SSSR count). The predicted molar refractivity (Wildman–Crippen MR) is 91.0 cm³/mol. The quantitative estimate of drug-likeness (QED) is 0.764. The lowest BCUT2D eigenvalue weighted by molar-refractivity contribution is 0.256. The Morgan fingerprint density at radius 2 is 1.78 bits per heavy atom. The van der Waals surface area contributed by atoms with Crippen molar-refractivity contribution in [1.82, 2.24) is 4.90 Å². The van der Waals surface area contributed by atoms with Gasteiger partial charge in [-0.2, -0.15) is 8.42 Å². The van der Waals surface area contributed by atoms with E-state index in [4.69, 9.17) is 4.18 Å². The van der Waals surface area contributed by atoms with Crippen LogP contribution in [0.3, 0.4) is 0 Å². The third-order valence-electron chi connectivity index (χ3n) is 4.29. The molecular formula is C18H21NO3S. The number of benzene rings is 2. The SMILES string of the molecule is CN(CCS(=O)(=O)Oc1ccccc1)[C@@H]1CCc2ccccc21. The first-order chi connectivity index (χ1) is 11.1. The lowest BCUT2D eigenvalue weighted by Crippen LogP contribution is -2.30. The molecule has 0 N–H and O–H groups in total. The summed E-state index contributed by atoms with van der Waals surface area (Å²) in [6.07, 6.45) is 2.09. The van der Waals surface area contributed by atoms with Gasteiger partial charge in [0.05, 0.1) is 5.75 Å². The molecule has 2 aromatic carbocycles. The Bertz CT molecular complexity index is 759. The minimum atomic E-state index is -3.58. The Balaban J connectivity index is 1.60. The second-order valence-electron chi connectivity index (χ2n) is 5.89. The fourth-order valence-electron chi connectivity index (χ4n) is 3.07. The first-order valence-corrected chi connectivity index (χ1v) is 9.38. The Morgan fingerprint density at radius 1 is 1.09 bits per heavy atom. The van der Waals surface area contributed by atoms with Crippen LogP contribution in [-0.2, 0) is 16.5 Å². The zero-order chi connectivity index (χ0) is 16.3. The van der Waals surface area contributed by atoms with Crippen molar-refractivity contribution in [2.24, 2.45) is 0 Å². The number of hydrogen-bond acceptors (Lipinski definition) is 4. The van der Waals surface area contributed by atoms with Gasteiger partial charge >= 0.3 is 10.1 Å². The van der Waals surface area contributed by atoms with Gasteiger partial charge in [-0.1, -0.05) is 42.5 Å². The molecule has 0 heterocycles. The first-order valence-electron chi connectivity index (χ1n) is 7.80. The van der Waals surface area contributed by atoms with Gasteiger partial charge in [0.25, 0.3) is 0 Å². The van der Waals surface area contributed by atoms with Gasteiger partial charge in [0.2, 0.25) is 0 Å². The Hall–Kier alpha value is -1.85. The highest BCUT2D eigenvalue weighted by Gasteiger charge is 2.26. The highest BCUT2D eigenvalue weighted by atomic mass is 32.2. The van der Waals surface area contributed by atoms with E-state index in [0.717, 1.165) is 12.8 Å². The van der Waals surface area contributed by atoms with E-state index in [2.05, 4.69) is 23.1 Å². The molecule has 0 saturated carbocycles. The fraction of sp³-hybridized carbons (Fsp3) is 0.333. The predicted octanol–water partition coefficient (Wildman–Crippen LogP) is 3.01. The smallest absolute Gasteiger partial charge is 0.310 e. The second-order valence-corrected chi connectivity index (χ2v) is 7.58. The molecule has 0 saturated heterocycles. The van der Waals surface area contributed by atoms with E-state index in [1.165, 1.54) is 11.1 Å². The number of nitrogens with zero attached hydrogens (tertiary/aromatic N) is 1. The van der Waals surface area contributed by atoms with E-state index < -0.39 is 10.1 Å². The average molecular weight is 331 g/mol. The monoisotopic (exact) mass is 331 g/mol. The summed E-state index contributed by atoms with van der Waals surface area (Å²) in [7, 11) is -1.60. The van der Waals surface area contributed by atoms with Gasteiger partial charge in [-0.15, -0.1) is 0 Å². The molecule has 0 amide bonds. The van der Waals surface area contributed by atoms with Crippen LogP contribution in [-0.4, -0.2) is 32.7 Å². The molecule has 0 unspecified atom stereocenters. The maximum atomic E-state index is 12.1. The van der Waals surface area contributed by atoms with Crippen LogP contribution in [0.25, 0.3) is 0 Å². The standard InChI is InChI=1S/C18H21NO3S/c1-19(18-12-11-15-7-5-6-10-17(15)18)13-14-23(20,21)22-16-8-3-2-4-9-16/h2-10,18H,11-14H2,1H3/t18-/m1/s1. The van der Waals surface area contributed by atoms with E-state index >= 15 is 0 Å². The van der Waals surface area contributed by atoms with Crippen LogP contribution in [0.5, 0.6) is 5.75 Å². The number of aryl methyl sites for hydroxylation is 1. The molecule has 1 atom stereocenters. The van der Waals surface area contributed by atoms with Gasteiger partial charge in [-0.3, -0.25) is 4.90 Å². The zero-order valence-electron chi connectivity index (χ0n) is 13.2. The highest BCUT2D eigenvalue weighted by Crippen LogP contribution is 2.34. The summed E-state index contributed by atoms with van der Waals surface area (Å²) in [5.74, 6) is 0.346. The molecule has 23 heavy (non-hydrogen) atoms. The number of fused-ring (bicyclic) bond motifs is 1. The first kappa shape index (κ1) is 16.0. The number of para-hydroxylation sites is 1. The minimum Gasteiger partial charge on any atom is -0.382 e. The van der Waals surface area contributed by atoms with Gasteiger partial charge in [-0.25, -0.2) is 0 Å². The molecule has 2 aromatic rings. The lowest BCUT2D eigenvalue weighted by atomic mass is 10.1. The van der Waals surface area contributed by atoms with Crippen LogP contribution in [0.1, 0.15) is 23.6 Å². The molecule has 0 aliphatic heterocycles. The van der Waals surface area contributed by atoms with Crippen molar-refractivity contribution in [3.8, 4) is 5.75 Å². The Kier molecular flexibility index (Phi) is 4.68. The molecule has 0 fully saturated rings. The summed E-state index contributed by atoms with van der Waals surface area (Å²) in [6.45, 7) is 0.453. The van der Waals surface area contributed by atoms with Crippen LogP contribution < -0.4 is 4.18 Å². The van der Waals surface area contributed by atoms with Crippen molar-refractivity contribution in [3.63, 3.8) is 0 Å². The summed E-state index contributed by atoms with van der Waals surface area (Å²) < 4.78 is 29.4. The molecule has 0 radical (unpaired) electrons. The maximum Gasteiger partial charge on any atom is 0.310 e. The number of hydrogen-bond donors (Lipinski definition) is 0. The van der Waals surface area contributed by atoms with Gasteiger partial charge in [0.1, 0.15) is 5.75 Å². The average Bonchev–Trinajstić information content (AvgIpc) is 2.97. The largest absolute Gasteiger partial charge is 0.382 e. The summed E-state index contributed by atoms with van der Waals surface area (Å²) in [6, 6.07) is 17.3. The summed E-state index contributed by atoms with van der Waals surface area (Å²) in [4.78, 5) is 2.11. The molecule has 0 spiro atoms. The zero-order valence-corrected chi connectivity index (χ0v) is 14.0. The van der Waals surface area contributed by atoms with E-state index in [1.54, 1.807) is 24.3 Å². The van der Waals surface area contributed by atoms with Crippen LogP contribution >= 0.6 is 0 Å². The normalized spacial score (nSPS) is 17.2. The third-order valence-corrected chi connectivity index (χ3v) is 5.42. The van der Waals surface area contributed by atoms with Crippen molar-refractivity contribution in [2.75, 3.05) is 19.3 Å². The molecule has 1 aliphatic carbocycles. The summed E-state index contributed by atoms with van der Waals surface area (Å²) >= 11 is 0. The van der Waals surface area contributed by atoms with Crippen molar-refractivity contribution in [1.29, 1.82) is 0 Å². The minimum absolute atomic E-state index is 0.0168. The molecule has 0 bridgehead atoms. The molecule has 0 aromatic heterocycles. The molecule has 122 valence electrons. The number of rotatable bonds is 6. The molecule has 4 nitrogen and oxygen atoms in total. The van der Waals surface area contributed by atoms with Crippen LogP contribution in [0.15, 0.2) is 54.6 Å². The maximum absolute atomic E-state index is 12.1. The lowest BCUT2D eigenvalue weighted by Gasteiger charge is -2.25. The van der Waals surface area contributed by atoms with Gasteiger partial charge < -0.3 is 4.18 Å². The van der Waals surface area contributed by atoms with E-state index in [1.807, 2.05) is 19.2 Å². The second kappa shape index (κ2) is 6.72.